The quantitative estimate of drug-likeness (QED) is 0.632. The molecule has 2 aliphatic heterocycles. The van der Waals surface area contributed by atoms with Gasteiger partial charge in [-0.2, -0.15) is 0 Å². The molecule has 0 aliphatic carbocycles. The van der Waals surface area contributed by atoms with Gasteiger partial charge in [0.25, 0.3) is 0 Å². The molecule has 0 bridgehead atoms. The van der Waals surface area contributed by atoms with Crippen LogP contribution >= 0.6 is 0 Å². The molecule has 2 N–H and O–H groups in total. The van der Waals surface area contributed by atoms with E-state index < -0.39 is 0 Å². The van der Waals surface area contributed by atoms with Gasteiger partial charge in [0.05, 0.1) is 12.2 Å². The van der Waals surface area contributed by atoms with E-state index in [0.717, 1.165) is 39.1 Å². The molecule has 2 saturated heterocycles. The van der Waals surface area contributed by atoms with Crippen molar-refractivity contribution in [1.29, 1.82) is 0 Å². The first kappa shape index (κ1) is 11.4. The Morgan fingerprint density at radius 1 is 1.13 bits per heavy atom. The second-order valence-electron chi connectivity index (χ2n) is 5.92. The van der Waals surface area contributed by atoms with E-state index >= 15 is 0 Å². The van der Waals surface area contributed by atoms with Crippen molar-refractivity contribution in [2.45, 2.75) is 45.3 Å². The van der Waals surface area contributed by atoms with E-state index in [1.165, 1.54) is 0 Å². The molecule has 1 atom stereocenters. The second kappa shape index (κ2) is 4.04. The fourth-order valence-corrected chi connectivity index (χ4v) is 3.11. The van der Waals surface area contributed by atoms with Crippen molar-refractivity contribution in [2.24, 2.45) is 5.41 Å². The molecule has 0 radical (unpaired) electrons. The minimum atomic E-state index is 0.0851. The number of ether oxygens (including phenoxy) is 1. The maximum Gasteiger partial charge on any atom is 0.0864 e. The van der Waals surface area contributed by atoms with Crippen molar-refractivity contribution >= 4 is 0 Å². The Morgan fingerprint density at radius 2 is 1.80 bits per heavy atom. The number of rotatable bonds is 0. The van der Waals surface area contributed by atoms with E-state index in [9.17, 15) is 0 Å². The fraction of sp³-hybridized carbons (Fsp3) is 1.00. The van der Waals surface area contributed by atoms with Crippen LogP contribution in [0, 0.1) is 5.41 Å². The molecule has 88 valence electrons. The molecule has 1 unspecified atom stereocenters. The van der Waals surface area contributed by atoms with Gasteiger partial charge < -0.3 is 15.4 Å². The van der Waals surface area contributed by atoms with Gasteiger partial charge >= 0.3 is 0 Å². The predicted octanol–water partition coefficient (Wildman–Crippen LogP) is 1.14. The van der Waals surface area contributed by atoms with Gasteiger partial charge in [-0.05, 0) is 31.3 Å². The van der Waals surface area contributed by atoms with Crippen LogP contribution in [0.5, 0.6) is 0 Å². The van der Waals surface area contributed by atoms with Crippen molar-refractivity contribution in [1.82, 2.24) is 10.6 Å². The fourth-order valence-electron chi connectivity index (χ4n) is 3.11. The highest BCUT2D eigenvalue weighted by atomic mass is 16.5. The Labute approximate surface area is 93.0 Å². The molecule has 0 aromatic carbocycles. The summed E-state index contributed by atoms with van der Waals surface area (Å²) in [6.07, 6.45) is 2.28. The molecular weight excluding hydrogens is 188 g/mol. The van der Waals surface area contributed by atoms with Crippen LogP contribution < -0.4 is 10.6 Å². The van der Waals surface area contributed by atoms with Crippen LogP contribution in [0.3, 0.4) is 0 Å². The van der Waals surface area contributed by atoms with Crippen molar-refractivity contribution in [3.63, 3.8) is 0 Å². The summed E-state index contributed by atoms with van der Waals surface area (Å²) in [5.74, 6) is 0. The summed E-state index contributed by atoms with van der Waals surface area (Å²) < 4.78 is 6.14. The van der Waals surface area contributed by atoms with Gasteiger partial charge in [0, 0.05) is 12.6 Å². The third-order valence-corrected chi connectivity index (χ3v) is 3.68. The van der Waals surface area contributed by atoms with Crippen LogP contribution in [0.1, 0.15) is 33.6 Å². The van der Waals surface area contributed by atoms with Crippen LogP contribution in [-0.4, -0.2) is 37.9 Å². The van der Waals surface area contributed by atoms with Crippen LogP contribution in [0.4, 0.5) is 0 Å². The summed E-state index contributed by atoms with van der Waals surface area (Å²) in [7, 11) is 0. The first-order valence-electron chi connectivity index (χ1n) is 6.13. The number of piperidine rings is 1. The van der Waals surface area contributed by atoms with Crippen molar-refractivity contribution in [3.05, 3.63) is 0 Å². The van der Waals surface area contributed by atoms with E-state index in [4.69, 9.17) is 4.74 Å². The minimum Gasteiger partial charge on any atom is -0.372 e. The zero-order valence-corrected chi connectivity index (χ0v) is 10.2. The molecule has 2 heterocycles. The van der Waals surface area contributed by atoms with E-state index in [2.05, 4.69) is 31.4 Å². The highest BCUT2D eigenvalue weighted by molar-refractivity contribution is 5.03. The van der Waals surface area contributed by atoms with Crippen LogP contribution in [0.2, 0.25) is 0 Å². The third kappa shape index (κ3) is 2.19. The molecule has 2 rings (SSSR count). The number of hydrogen-bond donors (Lipinski definition) is 2. The Morgan fingerprint density at radius 3 is 2.40 bits per heavy atom. The van der Waals surface area contributed by atoms with Crippen molar-refractivity contribution in [2.75, 3.05) is 26.2 Å². The van der Waals surface area contributed by atoms with E-state index in [-0.39, 0.29) is 11.0 Å². The normalized spacial score (nSPS) is 31.8. The topological polar surface area (TPSA) is 33.3 Å². The lowest BCUT2D eigenvalue weighted by Crippen LogP contribution is -2.65. The SMILES string of the molecule is CC(C)(C)C1NCCOC12CCNCC2. The predicted molar refractivity (Wildman–Crippen MR) is 62.0 cm³/mol. The average molecular weight is 212 g/mol. The summed E-state index contributed by atoms with van der Waals surface area (Å²) in [5, 5.41) is 7.09. The smallest absolute Gasteiger partial charge is 0.0864 e. The molecule has 2 fully saturated rings. The second-order valence-corrected chi connectivity index (χ2v) is 5.92. The summed E-state index contributed by atoms with van der Waals surface area (Å²) in [6.45, 7) is 11.0. The first-order valence-corrected chi connectivity index (χ1v) is 6.13. The lowest BCUT2D eigenvalue weighted by atomic mass is 9.71. The molecule has 0 saturated carbocycles. The van der Waals surface area contributed by atoms with Crippen LogP contribution in [0.25, 0.3) is 0 Å². The molecule has 0 amide bonds. The van der Waals surface area contributed by atoms with Crippen LogP contribution in [0.15, 0.2) is 0 Å². The summed E-state index contributed by atoms with van der Waals surface area (Å²) >= 11 is 0. The molecule has 3 heteroatoms. The third-order valence-electron chi connectivity index (χ3n) is 3.68. The summed E-state index contributed by atoms with van der Waals surface area (Å²) in [5.41, 5.74) is 0.361. The van der Waals surface area contributed by atoms with Gasteiger partial charge in [-0.3, -0.25) is 0 Å². The zero-order valence-electron chi connectivity index (χ0n) is 10.2. The van der Waals surface area contributed by atoms with E-state index in [0.29, 0.717) is 6.04 Å². The minimum absolute atomic E-state index is 0.0851. The zero-order chi connectivity index (χ0) is 10.9. The number of morpholine rings is 1. The maximum absolute atomic E-state index is 6.14. The van der Waals surface area contributed by atoms with Gasteiger partial charge in [-0.25, -0.2) is 0 Å². The lowest BCUT2D eigenvalue weighted by Gasteiger charge is -2.52. The van der Waals surface area contributed by atoms with Gasteiger partial charge in [0.15, 0.2) is 0 Å². The summed E-state index contributed by atoms with van der Waals surface area (Å²) in [4.78, 5) is 0. The maximum atomic E-state index is 6.14. The highest BCUT2D eigenvalue weighted by Gasteiger charge is 2.47. The molecule has 15 heavy (non-hydrogen) atoms. The number of nitrogens with one attached hydrogen (secondary N) is 2. The molecular formula is C12H24N2O. The largest absolute Gasteiger partial charge is 0.372 e. The highest BCUT2D eigenvalue weighted by Crippen LogP contribution is 2.38. The Balaban J connectivity index is 2.17. The monoisotopic (exact) mass is 212 g/mol. The van der Waals surface area contributed by atoms with Gasteiger partial charge in [-0.15, -0.1) is 0 Å². The molecule has 1 spiro atoms. The Kier molecular flexibility index (Phi) is 3.06. The van der Waals surface area contributed by atoms with E-state index in [1.54, 1.807) is 0 Å². The molecule has 3 nitrogen and oxygen atoms in total. The summed E-state index contributed by atoms with van der Waals surface area (Å²) in [6, 6.07) is 0.487. The van der Waals surface area contributed by atoms with Gasteiger partial charge in [0.2, 0.25) is 0 Å². The molecule has 0 aromatic rings. The molecule has 2 aliphatic rings. The Hall–Kier alpha value is -0.120. The number of hydrogen-bond acceptors (Lipinski definition) is 3. The van der Waals surface area contributed by atoms with Crippen LogP contribution in [-0.2, 0) is 4.74 Å². The average Bonchev–Trinajstić information content (AvgIpc) is 2.18. The van der Waals surface area contributed by atoms with Gasteiger partial charge in [-0.1, -0.05) is 20.8 Å². The molecule has 0 aromatic heterocycles. The first-order chi connectivity index (χ1) is 7.05. The lowest BCUT2D eigenvalue weighted by molar-refractivity contribution is -0.136. The van der Waals surface area contributed by atoms with E-state index in [1.807, 2.05) is 0 Å². The van der Waals surface area contributed by atoms with Gasteiger partial charge in [0.1, 0.15) is 0 Å². The van der Waals surface area contributed by atoms with Crippen molar-refractivity contribution in [3.8, 4) is 0 Å². The Bertz CT molecular complexity index is 208. The van der Waals surface area contributed by atoms with Crippen molar-refractivity contribution < 1.29 is 4.74 Å². The standard InChI is InChI=1S/C12H24N2O/c1-11(2,3)10-12(15-9-8-14-10)4-6-13-7-5-12/h10,13-14H,4-9H2,1-3H3.